The van der Waals surface area contributed by atoms with Gasteiger partial charge in [-0.25, -0.2) is 0 Å². The fourth-order valence-corrected chi connectivity index (χ4v) is 2.14. The molecule has 1 unspecified atom stereocenters. The molecule has 4 N–H and O–H groups in total. The molecule has 0 aliphatic carbocycles. The molecule has 5 heteroatoms. The minimum absolute atomic E-state index is 0.144. The van der Waals surface area contributed by atoms with Gasteiger partial charge in [-0.05, 0) is 31.0 Å². The highest BCUT2D eigenvalue weighted by Gasteiger charge is 2.40. The highest BCUT2D eigenvalue weighted by atomic mass is 16.3. The number of nitrogens with zero attached hydrogens (tertiary/aromatic N) is 1. The first-order valence-corrected chi connectivity index (χ1v) is 5.92. The van der Waals surface area contributed by atoms with Crippen LogP contribution in [0.5, 0.6) is 5.75 Å². The number of hydrogen-bond acceptors (Lipinski definition) is 4. The van der Waals surface area contributed by atoms with Crippen LogP contribution in [0.15, 0.2) is 24.3 Å². The lowest BCUT2D eigenvalue weighted by molar-refractivity contribution is -0.153. The summed E-state index contributed by atoms with van der Waals surface area (Å²) in [7, 11) is 0. The molecule has 0 bridgehead atoms. The number of amides is 1. The van der Waals surface area contributed by atoms with Gasteiger partial charge in [0, 0.05) is 0 Å². The molecule has 1 aromatic rings. The molecule has 2 rings (SSSR count). The Kier molecular flexibility index (Phi) is 3.28. The number of carbonyl (C=O) groups excluding carboxylic acids is 1. The number of carbonyl (C=O) groups is 1. The Morgan fingerprint density at radius 2 is 2.00 bits per heavy atom. The van der Waals surface area contributed by atoms with E-state index in [2.05, 4.69) is 0 Å². The molecular formula is C13H18N2O3. The SMILES string of the molecule is CC1(O)CN(C(=O)C(N)Cc2ccc(O)cc2)C1. The molecule has 0 spiro atoms. The second-order valence-corrected chi connectivity index (χ2v) is 5.17. The van der Waals surface area contributed by atoms with E-state index in [0.717, 1.165) is 5.56 Å². The Morgan fingerprint density at radius 3 is 2.50 bits per heavy atom. The van der Waals surface area contributed by atoms with Crippen molar-refractivity contribution in [2.24, 2.45) is 5.73 Å². The van der Waals surface area contributed by atoms with Gasteiger partial charge in [0.15, 0.2) is 0 Å². The zero-order valence-corrected chi connectivity index (χ0v) is 10.3. The van der Waals surface area contributed by atoms with E-state index in [0.29, 0.717) is 19.5 Å². The molecule has 18 heavy (non-hydrogen) atoms. The summed E-state index contributed by atoms with van der Waals surface area (Å²) in [6.45, 7) is 2.38. The number of aromatic hydroxyl groups is 1. The van der Waals surface area contributed by atoms with Crippen molar-refractivity contribution in [3.05, 3.63) is 29.8 Å². The summed E-state index contributed by atoms with van der Waals surface area (Å²) in [4.78, 5) is 13.5. The van der Waals surface area contributed by atoms with Crippen LogP contribution in [0, 0.1) is 0 Å². The van der Waals surface area contributed by atoms with E-state index in [1.165, 1.54) is 0 Å². The second kappa shape index (κ2) is 4.59. The van der Waals surface area contributed by atoms with Gasteiger partial charge < -0.3 is 20.8 Å². The number of hydrogen-bond donors (Lipinski definition) is 3. The van der Waals surface area contributed by atoms with Crippen LogP contribution in [0.2, 0.25) is 0 Å². The number of likely N-dealkylation sites (tertiary alicyclic amines) is 1. The van der Waals surface area contributed by atoms with E-state index in [1.807, 2.05) is 0 Å². The van der Waals surface area contributed by atoms with Gasteiger partial charge in [0.25, 0.3) is 0 Å². The van der Waals surface area contributed by atoms with Crippen LogP contribution >= 0.6 is 0 Å². The van der Waals surface area contributed by atoms with Gasteiger partial charge >= 0.3 is 0 Å². The summed E-state index contributed by atoms with van der Waals surface area (Å²) in [5.74, 6) is 0.0482. The summed E-state index contributed by atoms with van der Waals surface area (Å²) >= 11 is 0. The third-order valence-corrected chi connectivity index (χ3v) is 3.08. The number of aliphatic hydroxyl groups is 1. The van der Waals surface area contributed by atoms with Gasteiger partial charge in [0.1, 0.15) is 5.75 Å². The fraction of sp³-hybridized carbons (Fsp3) is 0.462. The molecule has 1 aliphatic rings. The van der Waals surface area contributed by atoms with Crippen molar-refractivity contribution < 1.29 is 15.0 Å². The monoisotopic (exact) mass is 250 g/mol. The minimum atomic E-state index is -0.770. The van der Waals surface area contributed by atoms with Gasteiger partial charge in [0.2, 0.25) is 5.91 Å². The summed E-state index contributed by atoms with van der Waals surface area (Å²) in [5.41, 5.74) is 5.98. The molecule has 1 aromatic carbocycles. The van der Waals surface area contributed by atoms with E-state index in [-0.39, 0.29) is 11.7 Å². The maximum absolute atomic E-state index is 11.9. The lowest BCUT2D eigenvalue weighted by Gasteiger charge is -2.45. The van der Waals surface area contributed by atoms with Crippen LogP contribution in [-0.2, 0) is 11.2 Å². The zero-order chi connectivity index (χ0) is 13.3. The summed E-state index contributed by atoms with van der Waals surface area (Å²) < 4.78 is 0. The van der Waals surface area contributed by atoms with Crippen molar-refractivity contribution in [2.75, 3.05) is 13.1 Å². The molecule has 0 radical (unpaired) electrons. The van der Waals surface area contributed by atoms with Crippen LogP contribution in [0.3, 0.4) is 0 Å². The van der Waals surface area contributed by atoms with Crippen molar-refractivity contribution in [1.29, 1.82) is 0 Å². The zero-order valence-electron chi connectivity index (χ0n) is 10.3. The van der Waals surface area contributed by atoms with Gasteiger partial charge in [-0.2, -0.15) is 0 Å². The third kappa shape index (κ3) is 2.80. The number of nitrogens with two attached hydrogens (primary N) is 1. The number of rotatable bonds is 3. The van der Waals surface area contributed by atoms with Crippen LogP contribution in [0.1, 0.15) is 12.5 Å². The fourth-order valence-electron chi connectivity index (χ4n) is 2.14. The number of phenols is 1. The smallest absolute Gasteiger partial charge is 0.240 e. The molecule has 1 heterocycles. The molecule has 1 aliphatic heterocycles. The topological polar surface area (TPSA) is 86.8 Å². The van der Waals surface area contributed by atoms with E-state index in [4.69, 9.17) is 10.8 Å². The Morgan fingerprint density at radius 1 is 1.44 bits per heavy atom. The first-order valence-electron chi connectivity index (χ1n) is 5.92. The number of phenolic OH excluding ortho intramolecular Hbond substituents is 1. The normalized spacial score (nSPS) is 19.2. The Balaban J connectivity index is 1.90. The van der Waals surface area contributed by atoms with E-state index in [9.17, 15) is 9.90 Å². The van der Waals surface area contributed by atoms with Gasteiger partial charge in [-0.1, -0.05) is 12.1 Å². The molecule has 98 valence electrons. The van der Waals surface area contributed by atoms with Crippen molar-refractivity contribution in [3.8, 4) is 5.75 Å². The highest BCUT2D eigenvalue weighted by Crippen LogP contribution is 2.21. The van der Waals surface area contributed by atoms with E-state index in [1.54, 1.807) is 36.1 Å². The molecule has 1 fully saturated rings. The number of benzene rings is 1. The maximum Gasteiger partial charge on any atom is 0.240 e. The second-order valence-electron chi connectivity index (χ2n) is 5.17. The molecule has 5 nitrogen and oxygen atoms in total. The largest absolute Gasteiger partial charge is 0.508 e. The molecule has 0 aromatic heterocycles. The first kappa shape index (κ1) is 12.9. The van der Waals surface area contributed by atoms with E-state index >= 15 is 0 Å². The predicted octanol–water partition coefficient (Wildman–Crippen LogP) is -0.145. The summed E-state index contributed by atoms with van der Waals surface area (Å²) in [5, 5.41) is 18.7. The van der Waals surface area contributed by atoms with Crippen LogP contribution in [-0.4, -0.2) is 45.8 Å². The van der Waals surface area contributed by atoms with Crippen molar-refractivity contribution in [1.82, 2.24) is 4.90 Å². The highest BCUT2D eigenvalue weighted by molar-refractivity contribution is 5.83. The average molecular weight is 250 g/mol. The van der Waals surface area contributed by atoms with E-state index < -0.39 is 11.6 Å². The Hall–Kier alpha value is -1.59. The van der Waals surface area contributed by atoms with Gasteiger partial charge in [-0.3, -0.25) is 4.79 Å². The van der Waals surface area contributed by atoms with Crippen molar-refractivity contribution in [2.45, 2.75) is 25.0 Å². The lowest BCUT2D eigenvalue weighted by atomic mass is 9.95. The molecule has 0 saturated carbocycles. The van der Waals surface area contributed by atoms with Crippen LogP contribution in [0.4, 0.5) is 0 Å². The van der Waals surface area contributed by atoms with Crippen LogP contribution in [0.25, 0.3) is 0 Å². The number of β-amino-alcohol motifs (C(OH)–C–C–N with tert-alkyl or cyclic N) is 1. The molecular weight excluding hydrogens is 232 g/mol. The maximum atomic E-state index is 11.9. The Labute approximate surface area is 106 Å². The lowest BCUT2D eigenvalue weighted by Crippen LogP contribution is -2.64. The minimum Gasteiger partial charge on any atom is -0.508 e. The third-order valence-electron chi connectivity index (χ3n) is 3.08. The summed E-state index contributed by atoms with van der Waals surface area (Å²) in [6.07, 6.45) is 0.428. The molecule has 1 atom stereocenters. The standard InChI is InChI=1S/C13H18N2O3/c1-13(18)7-15(8-13)12(17)11(14)6-9-2-4-10(16)5-3-9/h2-5,11,16,18H,6-8,14H2,1H3. The molecule has 1 saturated heterocycles. The summed E-state index contributed by atoms with van der Waals surface area (Å²) in [6, 6.07) is 6.02. The predicted molar refractivity (Wildman–Crippen MR) is 67.0 cm³/mol. The van der Waals surface area contributed by atoms with Crippen molar-refractivity contribution in [3.63, 3.8) is 0 Å². The average Bonchev–Trinajstić information content (AvgIpc) is 2.28. The van der Waals surface area contributed by atoms with Crippen molar-refractivity contribution >= 4 is 5.91 Å². The first-order chi connectivity index (χ1) is 8.37. The Bertz CT molecular complexity index is 434. The quantitative estimate of drug-likeness (QED) is 0.696. The van der Waals surface area contributed by atoms with Gasteiger partial charge in [0.05, 0.1) is 24.7 Å². The van der Waals surface area contributed by atoms with Gasteiger partial charge in [-0.15, -0.1) is 0 Å². The van der Waals surface area contributed by atoms with Crippen LogP contribution < -0.4 is 5.73 Å². The molecule has 1 amide bonds.